The predicted octanol–water partition coefficient (Wildman–Crippen LogP) is 4.67. The Hall–Kier alpha value is -2.62. The second-order valence-corrected chi connectivity index (χ2v) is 7.60. The van der Waals surface area contributed by atoms with Gasteiger partial charge in [0.15, 0.2) is 0 Å². The van der Waals surface area contributed by atoms with E-state index in [9.17, 15) is 9.59 Å². The summed E-state index contributed by atoms with van der Waals surface area (Å²) >= 11 is 0. The lowest BCUT2D eigenvalue weighted by Crippen LogP contribution is -2.34. The van der Waals surface area contributed by atoms with Gasteiger partial charge in [-0.1, -0.05) is 56.7 Å². The molecule has 2 aromatic rings. The molecule has 2 rings (SSSR count). The Morgan fingerprint density at radius 3 is 2.19 bits per heavy atom. The van der Waals surface area contributed by atoms with Gasteiger partial charge in [-0.15, -0.1) is 0 Å². The quantitative estimate of drug-likeness (QED) is 0.850. The van der Waals surface area contributed by atoms with Gasteiger partial charge in [-0.3, -0.25) is 9.59 Å². The van der Waals surface area contributed by atoms with Gasteiger partial charge >= 0.3 is 0 Å². The molecule has 0 fully saturated rings. The number of nitrogens with one attached hydrogen (secondary N) is 1. The molecule has 0 aromatic heterocycles. The number of amides is 2. The molecular formula is C22H28N2O2. The average molecular weight is 352 g/mol. The molecule has 0 atom stereocenters. The largest absolute Gasteiger partial charge is 0.326 e. The zero-order chi connectivity index (χ0) is 19.3. The Morgan fingerprint density at radius 2 is 1.62 bits per heavy atom. The predicted molar refractivity (Wildman–Crippen MR) is 108 cm³/mol. The molecule has 0 radical (unpaired) electrons. The Labute approximate surface area is 156 Å². The van der Waals surface area contributed by atoms with Gasteiger partial charge in [0.05, 0.1) is 0 Å². The second-order valence-electron chi connectivity index (χ2n) is 7.60. The molecule has 1 N–H and O–H groups in total. The van der Waals surface area contributed by atoms with Gasteiger partial charge in [-0.2, -0.15) is 0 Å². The molecule has 0 unspecified atom stereocenters. The highest BCUT2D eigenvalue weighted by atomic mass is 16.2. The van der Waals surface area contributed by atoms with E-state index in [0.29, 0.717) is 6.54 Å². The Bertz CT molecular complexity index is 773. The minimum Gasteiger partial charge on any atom is -0.326 e. The zero-order valence-corrected chi connectivity index (χ0v) is 16.3. The molecule has 0 bridgehead atoms. The molecule has 4 nitrogen and oxygen atoms in total. The van der Waals surface area contributed by atoms with E-state index in [1.165, 1.54) is 6.92 Å². The van der Waals surface area contributed by atoms with Crippen molar-refractivity contribution in [2.75, 3.05) is 16.8 Å². The first-order valence-electron chi connectivity index (χ1n) is 8.92. The minimum atomic E-state index is -0.103. The number of anilines is 2. The van der Waals surface area contributed by atoms with E-state index in [-0.39, 0.29) is 23.7 Å². The van der Waals surface area contributed by atoms with Crippen LogP contribution in [0.15, 0.2) is 48.5 Å². The third kappa shape index (κ3) is 5.19. The highest BCUT2D eigenvalue weighted by Crippen LogP contribution is 2.32. The van der Waals surface area contributed by atoms with Crippen molar-refractivity contribution >= 4 is 23.2 Å². The number of hydrogen-bond acceptors (Lipinski definition) is 2. The molecule has 4 heteroatoms. The third-order valence-electron chi connectivity index (χ3n) is 4.28. The van der Waals surface area contributed by atoms with Crippen molar-refractivity contribution in [2.24, 2.45) is 0 Å². The summed E-state index contributed by atoms with van der Waals surface area (Å²) in [5.74, 6) is -0.168. The van der Waals surface area contributed by atoms with E-state index in [1.807, 2.05) is 55.5 Å². The van der Waals surface area contributed by atoms with Crippen molar-refractivity contribution < 1.29 is 9.59 Å². The molecule has 0 saturated carbocycles. The van der Waals surface area contributed by atoms with Gasteiger partial charge in [0, 0.05) is 31.3 Å². The number of nitrogens with zero attached hydrogens (tertiary/aromatic N) is 1. The van der Waals surface area contributed by atoms with Crippen LogP contribution in [0, 0.1) is 6.92 Å². The van der Waals surface area contributed by atoms with E-state index in [1.54, 1.807) is 4.90 Å². The molecule has 2 aromatic carbocycles. The van der Waals surface area contributed by atoms with E-state index >= 15 is 0 Å². The van der Waals surface area contributed by atoms with E-state index in [4.69, 9.17) is 0 Å². The number of rotatable bonds is 5. The van der Waals surface area contributed by atoms with Gasteiger partial charge in [-0.25, -0.2) is 0 Å². The normalized spacial score (nSPS) is 11.1. The Morgan fingerprint density at radius 1 is 1.00 bits per heavy atom. The third-order valence-corrected chi connectivity index (χ3v) is 4.28. The number of benzene rings is 2. The fourth-order valence-corrected chi connectivity index (χ4v) is 2.86. The van der Waals surface area contributed by atoms with Crippen LogP contribution >= 0.6 is 0 Å². The highest BCUT2D eigenvalue weighted by molar-refractivity contribution is 5.95. The van der Waals surface area contributed by atoms with Crippen molar-refractivity contribution in [2.45, 2.75) is 46.5 Å². The molecule has 0 heterocycles. The lowest BCUT2D eigenvalue weighted by molar-refractivity contribution is -0.117. The minimum absolute atomic E-state index is 0.0650. The van der Waals surface area contributed by atoms with Gasteiger partial charge in [-0.05, 0) is 36.1 Å². The first-order valence-corrected chi connectivity index (χ1v) is 8.92. The van der Waals surface area contributed by atoms with Crippen LogP contribution in [-0.2, 0) is 15.0 Å². The standard InChI is InChI=1S/C22H28N2O2/c1-16-10-12-18(13-11-16)23-21(26)14-15-24(17(2)25)20-9-7-6-8-19(20)22(3,4)5/h6-13H,14-15H2,1-5H3,(H,23,26). The van der Waals surface area contributed by atoms with Crippen molar-refractivity contribution in [1.82, 2.24) is 0 Å². The second kappa shape index (κ2) is 8.17. The highest BCUT2D eigenvalue weighted by Gasteiger charge is 2.23. The molecule has 0 saturated heterocycles. The summed E-state index contributed by atoms with van der Waals surface area (Å²) in [5, 5.41) is 2.88. The van der Waals surface area contributed by atoms with Crippen LogP contribution in [0.4, 0.5) is 11.4 Å². The van der Waals surface area contributed by atoms with Crippen molar-refractivity contribution in [3.05, 3.63) is 59.7 Å². The first kappa shape index (κ1) is 19.7. The summed E-state index contributed by atoms with van der Waals surface area (Å²) in [6.45, 7) is 10.2. The number of hydrogen-bond donors (Lipinski definition) is 1. The van der Waals surface area contributed by atoms with Crippen LogP contribution in [0.5, 0.6) is 0 Å². The van der Waals surface area contributed by atoms with Crippen LogP contribution < -0.4 is 10.2 Å². The summed E-state index contributed by atoms with van der Waals surface area (Å²) in [7, 11) is 0. The molecule has 138 valence electrons. The van der Waals surface area contributed by atoms with Crippen LogP contribution in [0.3, 0.4) is 0 Å². The lowest BCUT2D eigenvalue weighted by Gasteiger charge is -2.29. The molecule has 0 aliphatic carbocycles. The number of carbonyl (C=O) groups excluding carboxylic acids is 2. The van der Waals surface area contributed by atoms with Crippen molar-refractivity contribution in [1.29, 1.82) is 0 Å². The average Bonchev–Trinajstić information content (AvgIpc) is 2.56. The maximum atomic E-state index is 12.3. The van der Waals surface area contributed by atoms with Gasteiger partial charge in [0.25, 0.3) is 0 Å². The Kier molecular flexibility index (Phi) is 6.19. The van der Waals surface area contributed by atoms with Crippen molar-refractivity contribution in [3.63, 3.8) is 0 Å². The van der Waals surface area contributed by atoms with Crippen LogP contribution in [0.2, 0.25) is 0 Å². The summed E-state index contributed by atoms with van der Waals surface area (Å²) in [5.41, 5.74) is 3.79. The molecule has 26 heavy (non-hydrogen) atoms. The summed E-state index contributed by atoms with van der Waals surface area (Å²) in [6, 6.07) is 15.6. The maximum Gasteiger partial charge on any atom is 0.226 e. The number of para-hydroxylation sites is 1. The van der Waals surface area contributed by atoms with Gasteiger partial charge in [0.2, 0.25) is 11.8 Å². The first-order chi connectivity index (χ1) is 12.2. The number of aryl methyl sites for hydroxylation is 1. The number of carbonyl (C=O) groups is 2. The van der Waals surface area contributed by atoms with Crippen LogP contribution in [-0.4, -0.2) is 18.4 Å². The Balaban J connectivity index is 2.11. The summed E-state index contributed by atoms with van der Waals surface area (Å²) in [4.78, 5) is 26.2. The summed E-state index contributed by atoms with van der Waals surface area (Å²) < 4.78 is 0. The van der Waals surface area contributed by atoms with Gasteiger partial charge in [0.1, 0.15) is 0 Å². The molecule has 2 amide bonds. The van der Waals surface area contributed by atoms with Crippen molar-refractivity contribution in [3.8, 4) is 0 Å². The molecule has 0 spiro atoms. The topological polar surface area (TPSA) is 49.4 Å². The van der Waals surface area contributed by atoms with E-state index in [2.05, 4.69) is 26.1 Å². The monoisotopic (exact) mass is 352 g/mol. The van der Waals surface area contributed by atoms with Crippen LogP contribution in [0.1, 0.15) is 45.2 Å². The molecule has 0 aliphatic rings. The zero-order valence-electron chi connectivity index (χ0n) is 16.3. The molecular weight excluding hydrogens is 324 g/mol. The summed E-state index contributed by atoms with van der Waals surface area (Å²) in [6.07, 6.45) is 0.242. The SMILES string of the molecule is CC(=O)N(CCC(=O)Nc1ccc(C)cc1)c1ccccc1C(C)(C)C. The van der Waals surface area contributed by atoms with Gasteiger partial charge < -0.3 is 10.2 Å². The van der Waals surface area contributed by atoms with Crippen LogP contribution in [0.25, 0.3) is 0 Å². The maximum absolute atomic E-state index is 12.3. The lowest BCUT2D eigenvalue weighted by atomic mass is 9.85. The smallest absolute Gasteiger partial charge is 0.226 e. The van der Waals surface area contributed by atoms with E-state index in [0.717, 1.165) is 22.5 Å². The molecule has 0 aliphatic heterocycles. The fourth-order valence-electron chi connectivity index (χ4n) is 2.86. The van der Waals surface area contributed by atoms with E-state index < -0.39 is 0 Å². The fraction of sp³-hybridized carbons (Fsp3) is 0.364.